The third kappa shape index (κ3) is 2.11. The van der Waals surface area contributed by atoms with Gasteiger partial charge in [-0.3, -0.25) is 4.57 Å². The van der Waals surface area contributed by atoms with Crippen molar-refractivity contribution in [1.29, 1.82) is 5.26 Å². The lowest BCUT2D eigenvalue weighted by atomic mass is 10.1. The summed E-state index contributed by atoms with van der Waals surface area (Å²) in [5.74, 6) is 0. The van der Waals surface area contributed by atoms with E-state index in [1.165, 1.54) is 15.6 Å². The Morgan fingerprint density at radius 2 is 2.24 bits per heavy atom. The molecule has 1 aromatic heterocycles. The highest BCUT2D eigenvalue weighted by Gasteiger charge is 2.05. The van der Waals surface area contributed by atoms with Gasteiger partial charge in [-0.2, -0.15) is 10.4 Å². The van der Waals surface area contributed by atoms with Gasteiger partial charge in [0.2, 0.25) is 0 Å². The van der Waals surface area contributed by atoms with Crippen LogP contribution in [0.2, 0.25) is 0 Å². The molecule has 17 heavy (non-hydrogen) atoms. The minimum Gasteiger partial charge on any atom is -0.285 e. The van der Waals surface area contributed by atoms with Crippen molar-refractivity contribution in [3.8, 4) is 6.07 Å². The molecule has 0 unspecified atom stereocenters. The number of rotatable bonds is 2. The monoisotopic (exact) mass is 228 g/mol. The van der Waals surface area contributed by atoms with Crippen LogP contribution in [0.5, 0.6) is 0 Å². The molecule has 0 fully saturated rings. The van der Waals surface area contributed by atoms with E-state index in [0.29, 0.717) is 12.1 Å². The SMILES string of the molecule is Cc1cc(C#N)ccc1Cn1ncn(C)c1=O. The summed E-state index contributed by atoms with van der Waals surface area (Å²) in [6.45, 7) is 2.35. The van der Waals surface area contributed by atoms with Crippen LogP contribution in [0.15, 0.2) is 29.3 Å². The third-order valence-electron chi connectivity index (χ3n) is 2.68. The molecule has 0 saturated heterocycles. The Balaban J connectivity index is 2.34. The van der Waals surface area contributed by atoms with Gasteiger partial charge in [0.05, 0.1) is 18.2 Å². The van der Waals surface area contributed by atoms with E-state index < -0.39 is 0 Å². The molecule has 5 heteroatoms. The first-order valence-corrected chi connectivity index (χ1v) is 5.20. The highest BCUT2D eigenvalue weighted by molar-refractivity contribution is 5.37. The van der Waals surface area contributed by atoms with Crippen molar-refractivity contribution < 1.29 is 0 Å². The summed E-state index contributed by atoms with van der Waals surface area (Å²) in [6, 6.07) is 7.50. The van der Waals surface area contributed by atoms with Crippen molar-refractivity contribution in [3.05, 3.63) is 51.7 Å². The lowest BCUT2D eigenvalue weighted by molar-refractivity contribution is 0.644. The molecular formula is C12H12N4O. The molecule has 86 valence electrons. The maximum Gasteiger partial charge on any atom is 0.345 e. The van der Waals surface area contributed by atoms with Gasteiger partial charge >= 0.3 is 5.69 Å². The molecule has 0 bridgehead atoms. The van der Waals surface area contributed by atoms with Gasteiger partial charge in [-0.05, 0) is 30.2 Å². The molecule has 0 saturated carbocycles. The third-order valence-corrected chi connectivity index (χ3v) is 2.68. The lowest BCUT2D eigenvalue weighted by Crippen LogP contribution is -2.23. The summed E-state index contributed by atoms with van der Waals surface area (Å²) in [7, 11) is 1.66. The molecular weight excluding hydrogens is 216 g/mol. The second-order valence-corrected chi connectivity index (χ2v) is 3.94. The summed E-state index contributed by atoms with van der Waals surface area (Å²) >= 11 is 0. The topological polar surface area (TPSA) is 63.6 Å². The molecule has 0 atom stereocenters. The predicted molar refractivity (Wildman–Crippen MR) is 62.5 cm³/mol. The molecule has 2 aromatic rings. The molecule has 5 nitrogen and oxygen atoms in total. The Labute approximate surface area is 98.5 Å². The van der Waals surface area contributed by atoms with Crippen LogP contribution in [0.3, 0.4) is 0 Å². The van der Waals surface area contributed by atoms with Crippen LogP contribution in [0, 0.1) is 18.3 Å². The molecule has 0 spiro atoms. The molecule has 0 amide bonds. The maximum atomic E-state index is 11.6. The van der Waals surface area contributed by atoms with Gasteiger partial charge in [-0.1, -0.05) is 6.07 Å². The number of hydrogen-bond donors (Lipinski definition) is 0. The molecule has 1 heterocycles. The molecule has 0 N–H and O–H groups in total. The van der Waals surface area contributed by atoms with Crippen LogP contribution in [0.25, 0.3) is 0 Å². The van der Waals surface area contributed by atoms with Gasteiger partial charge < -0.3 is 0 Å². The second-order valence-electron chi connectivity index (χ2n) is 3.94. The van der Waals surface area contributed by atoms with Gasteiger partial charge in [0, 0.05) is 7.05 Å². The largest absolute Gasteiger partial charge is 0.345 e. The van der Waals surface area contributed by atoms with Crippen LogP contribution in [-0.4, -0.2) is 14.3 Å². The zero-order chi connectivity index (χ0) is 12.4. The normalized spacial score (nSPS) is 10.2. The Morgan fingerprint density at radius 3 is 2.76 bits per heavy atom. The number of benzene rings is 1. The number of nitrogens with zero attached hydrogens (tertiary/aromatic N) is 4. The van der Waals surface area contributed by atoms with Crippen molar-refractivity contribution in [1.82, 2.24) is 14.3 Å². The Bertz CT molecular complexity index is 645. The van der Waals surface area contributed by atoms with Gasteiger partial charge in [0.25, 0.3) is 0 Å². The van der Waals surface area contributed by atoms with Crippen LogP contribution in [0.1, 0.15) is 16.7 Å². The first-order chi connectivity index (χ1) is 8.11. The van der Waals surface area contributed by atoms with Crippen LogP contribution in [0.4, 0.5) is 0 Å². The van der Waals surface area contributed by atoms with Crippen LogP contribution < -0.4 is 5.69 Å². The fourth-order valence-corrected chi connectivity index (χ4v) is 1.63. The first-order valence-electron chi connectivity index (χ1n) is 5.20. The molecule has 2 rings (SSSR count). The summed E-state index contributed by atoms with van der Waals surface area (Å²) in [5, 5.41) is 12.8. The summed E-state index contributed by atoms with van der Waals surface area (Å²) < 4.78 is 2.83. The van der Waals surface area contributed by atoms with Crippen molar-refractivity contribution in [2.24, 2.45) is 7.05 Å². The van der Waals surface area contributed by atoms with Gasteiger partial charge in [-0.25, -0.2) is 9.48 Å². The number of aromatic nitrogens is 3. The fourth-order valence-electron chi connectivity index (χ4n) is 1.63. The molecule has 0 radical (unpaired) electrons. The quantitative estimate of drug-likeness (QED) is 0.764. The van der Waals surface area contributed by atoms with E-state index in [0.717, 1.165) is 11.1 Å². The average Bonchev–Trinajstić information content (AvgIpc) is 2.63. The summed E-state index contributed by atoms with van der Waals surface area (Å²) in [6.07, 6.45) is 1.49. The van der Waals surface area contributed by atoms with Crippen LogP contribution in [-0.2, 0) is 13.6 Å². The predicted octanol–water partition coefficient (Wildman–Crippen LogP) is 0.810. The molecule has 0 aliphatic heterocycles. The smallest absolute Gasteiger partial charge is 0.285 e. The van der Waals surface area contributed by atoms with E-state index in [9.17, 15) is 4.79 Å². The zero-order valence-electron chi connectivity index (χ0n) is 9.71. The Kier molecular flexibility index (Phi) is 2.79. The van der Waals surface area contributed by atoms with E-state index in [2.05, 4.69) is 11.2 Å². The maximum absolute atomic E-state index is 11.6. The fraction of sp³-hybridized carbons (Fsp3) is 0.250. The summed E-state index contributed by atoms with van der Waals surface area (Å²) in [5.41, 5.74) is 2.46. The molecule has 0 aliphatic carbocycles. The van der Waals surface area contributed by atoms with E-state index in [1.807, 2.05) is 19.1 Å². The highest BCUT2D eigenvalue weighted by atomic mass is 16.2. The lowest BCUT2D eigenvalue weighted by Gasteiger charge is -2.05. The van der Waals surface area contributed by atoms with Crippen molar-refractivity contribution in [2.45, 2.75) is 13.5 Å². The molecule has 1 aromatic carbocycles. The Hall–Kier alpha value is -2.35. The zero-order valence-corrected chi connectivity index (χ0v) is 9.71. The second kappa shape index (κ2) is 4.26. The first kappa shape index (κ1) is 11.1. The van der Waals surface area contributed by atoms with Crippen molar-refractivity contribution >= 4 is 0 Å². The molecule has 0 aliphatic rings. The van der Waals surface area contributed by atoms with E-state index in [-0.39, 0.29) is 5.69 Å². The van der Waals surface area contributed by atoms with Crippen molar-refractivity contribution in [3.63, 3.8) is 0 Å². The van der Waals surface area contributed by atoms with Crippen LogP contribution >= 0.6 is 0 Å². The van der Waals surface area contributed by atoms with Gasteiger partial charge in [-0.15, -0.1) is 0 Å². The minimum absolute atomic E-state index is 0.145. The van der Waals surface area contributed by atoms with E-state index >= 15 is 0 Å². The Morgan fingerprint density at radius 1 is 1.47 bits per heavy atom. The van der Waals surface area contributed by atoms with E-state index in [4.69, 9.17) is 5.26 Å². The number of hydrogen-bond acceptors (Lipinski definition) is 3. The minimum atomic E-state index is -0.145. The number of aryl methyl sites for hydroxylation is 2. The van der Waals surface area contributed by atoms with Crippen molar-refractivity contribution in [2.75, 3.05) is 0 Å². The summed E-state index contributed by atoms with van der Waals surface area (Å²) in [4.78, 5) is 11.6. The van der Waals surface area contributed by atoms with Gasteiger partial charge in [0.1, 0.15) is 6.33 Å². The highest BCUT2D eigenvalue weighted by Crippen LogP contribution is 2.11. The number of nitriles is 1. The van der Waals surface area contributed by atoms with Gasteiger partial charge in [0.15, 0.2) is 0 Å². The average molecular weight is 228 g/mol. The standard InChI is InChI=1S/C12H12N4O/c1-9-5-10(6-13)3-4-11(9)7-16-12(17)15(2)8-14-16/h3-5,8H,7H2,1-2H3. The van der Waals surface area contributed by atoms with E-state index in [1.54, 1.807) is 13.1 Å².